The number of hydrogen-bond donors (Lipinski definition) is 2. The van der Waals surface area contributed by atoms with E-state index in [2.05, 4.69) is 5.32 Å². The predicted octanol–water partition coefficient (Wildman–Crippen LogP) is 3.70. The van der Waals surface area contributed by atoms with Crippen molar-refractivity contribution in [1.29, 1.82) is 0 Å². The molecule has 0 spiro atoms. The SMILES string of the molecule is Cc1ccc(-c2ccc(C(=O)NC(C)CC(=O)O)c(F)c2)cc1C. The van der Waals surface area contributed by atoms with Crippen molar-refractivity contribution in [3.63, 3.8) is 0 Å². The first-order valence-electron chi connectivity index (χ1n) is 7.67. The Bertz CT molecular complexity index is 786. The molecular weight excluding hydrogens is 309 g/mol. The largest absolute Gasteiger partial charge is 0.481 e. The summed E-state index contributed by atoms with van der Waals surface area (Å²) >= 11 is 0. The molecule has 0 saturated heterocycles. The molecule has 0 bridgehead atoms. The van der Waals surface area contributed by atoms with Gasteiger partial charge in [-0.05, 0) is 55.2 Å². The Kier molecular flexibility index (Phi) is 5.34. The first-order valence-corrected chi connectivity index (χ1v) is 7.67. The second kappa shape index (κ2) is 7.25. The van der Waals surface area contributed by atoms with E-state index in [1.54, 1.807) is 13.0 Å². The summed E-state index contributed by atoms with van der Waals surface area (Å²) < 4.78 is 14.3. The second-order valence-corrected chi connectivity index (χ2v) is 5.97. The molecule has 5 heteroatoms. The van der Waals surface area contributed by atoms with Gasteiger partial charge in [-0.2, -0.15) is 0 Å². The van der Waals surface area contributed by atoms with Gasteiger partial charge in [0.2, 0.25) is 0 Å². The zero-order chi connectivity index (χ0) is 17.9. The number of aryl methyl sites for hydroxylation is 2. The third-order valence-electron chi connectivity index (χ3n) is 3.91. The van der Waals surface area contributed by atoms with Crippen LogP contribution in [0.25, 0.3) is 11.1 Å². The number of halogens is 1. The summed E-state index contributed by atoms with van der Waals surface area (Å²) in [5, 5.41) is 11.2. The summed E-state index contributed by atoms with van der Waals surface area (Å²) in [5.41, 5.74) is 3.73. The quantitative estimate of drug-likeness (QED) is 0.879. The van der Waals surface area contributed by atoms with Crippen LogP contribution in [0.5, 0.6) is 0 Å². The molecular formula is C19H20FNO3. The van der Waals surface area contributed by atoms with Gasteiger partial charge in [0.15, 0.2) is 0 Å². The fourth-order valence-electron chi connectivity index (χ4n) is 2.41. The van der Waals surface area contributed by atoms with Crippen molar-refractivity contribution >= 4 is 11.9 Å². The minimum absolute atomic E-state index is 0.0974. The van der Waals surface area contributed by atoms with Crippen LogP contribution in [0, 0.1) is 19.7 Å². The molecule has 0 fully saturated rings. The average molecular weight is 329 g/mol. The van der Waals surface area contributed by atoms with E-state index in [9.17, 15) is 14.0 Å². The number of carbonyl (C=O) groups excluding carboxylic acids is 1. The van der Waals surface area contributed by atoms with Crippen LogP contribution in [-0.4, -0.2) is 23.0 Å². The van der Waals surface area contributed by atoms with Crippen LogP contribution in [0.2, 0.25) is 0 Å². The predicted molar refractivity (Wildman–Crippen MR) is 90.5 cm³/mol. The summed E-state index contributed by atoms with van der Waals surface area (Å²) in [6.45, 7) is 5.56. The minimum Gasteiger partial charge on any atom is -0.481 e. The van der Waals surface area contributed by atoms with Crippen molar-refractivity contribution in [2.45, 2.75) is 33.2 Å². The summed E-state index contributed by atoms with van der Waals surface area (Å²) in [4.78, 5) is 22.7. The molecule has 0 saturated carbocycles. The molecule has 2 rings (SSSR count). The highest BCUT2D eigenvalue weighted by molar-refractivity contribution is 5.95. The molecule has 2 aromatic rings. The number of rotatable bonds is 5. The van der Waals surface area contributed by atoms with Gasteiger partial charge in [-0.1, -0.05) is 24.3 Å². The van der Waals surface area contributed by atoms with Crippen LogP contribution in [-0.2, 0) is 4.79 Å². The Hall–Kier alpha value is -2.69. The second-order valence-electron chi connectivity index (χ2n) is 5.97. The Morgan fingerprint density at radius 3 is 2.29 bits per heavy atom. The van der Waals surface area contributed by atoms with Crippen LogP contribution in [0.3, 0.4) is 0 Å². The highest BCUT2D eigenvalue weighted by Gasteiger charge is 2.16. The number of aliphatic carboxylic acids is 1. The topological polar surface area (TPSA) is 66.4 Å². The number of carboxylic acid groups (broad SMARTS) is 1. The molecule has 0 radical (unpaired) electrons. The highest BCUT2D eigenvalue weighted by Crippen LogP contribution is 2.24. The summed E-state index contributed by atoms with van der Waals surface area (Å²) in [5.74, 6) is -2.27. The number of nitrogens with one attached hydrogen (secondary N) is 1. The summed E-state index contributed by atoms with van der Waals surface area (Å²) in [6, 6.07) is 9.70. The smallest absolute Gasteiger partial charge is 0.305 e. The van der Waals surface area contributed by atoms with Crippen molar-refractivity contribution in [3.05, 3.63) is 58.9 Å². The van der Waals surface area contributed by atoms with Crippen LogP contribution in [0.4, 0.5) is 4.39 Å². The van der Waals surface area contributed by atoms with Gasteiger partial charge >= 0.3 is 5.97 Å². The van der Waals surface area contributed by atoms with Crippen molar-refractivity contribution in [2.75, 3.05) is 0 Å². The summed E-state index contributed by atoms with van der Waals surface area (Å²) in [7, 11) is 0. The van der Waals surface area contributed by atoms with Gasteiger partial charge in [0.05, 0.1) is 12.0 Å². The van der Waals surface area contributed by atoms with Crippen LogP contribution in [0.1, 0.15) is 34.8 Å². The summed E-state index contributed by atoms with van der Waals surface area (Å²) in [6.07, 6.45) is -0.214. The van der Waals surface area contributed by atoms with Crippen molar-refractivity contribution in [3.8, 4) is 11.1 Å². The van der Waals surface area contributed by atoms with Gasteiger partial charge in [0.1, 0.15) is 5.82 Å². The van der Waals surface area contributed by atoms with Crippen LogP contribution < -0.4 is 5.32 Å². The Morgan fingerprint density at radius 2 is 1.71 bits per heavy atom. The lowest BCUT2D eigenvalue weighted by Gasteiger charge is -2.13. The third-order valence-corrected chi connectivity index (χ3v) is 3.91. The van der Waals surface area contributed by atoms with Gasteiger partial charge in [-0.3, -0.25) is 9.59 Å². The monoisotopic (exact) mass is 329 g/mol. The third kappa shape index (κ3) is 4.19. The van der Waals surface area contributed by atoms with E-state index in [0.717, 1.165) is 16.7 Å². The number of amides is 1. The minimum atomic E-state index is -1.02. The molecule has 0 aliphatic rings. The van der Waals surface area contributed by atoms with E-state index in [4.69, 9.17) is 5.11 Å². The normalized spacial score (nSPS) is 11.8. The lowest BCUT2D eigenvalue weighted by atomic mass is 9.99. The molecule has 2 N–H and O–H groups in total. The van der Waals surface area contributed by atoms with E-state index < -0.39 is 23.7 Å². The van der Waals surface area contributed by atoms with Crippen molar-refractivity contribution < 1.29 is 19.1 Å². The fraction of sp³-hybridized carbons (Fsp3) is 0.263. The van der Waals surface area contributed by atoms with E-state index >= 15 is 0 Å². The highest BCUT2D eigenvalue weighted by atomic mass is 19.1. The van der Waals surface area contributed by atoms with E-state index in [0.29, 0.717) is 5.56 Å². The average Bonchev–Trinajstić information content (AvgIpc) is 2.48. The van der Waals surface area contributed by atoms with Crippen molar-refractivity contribution in [1.82, 2.24) is 5.32 Å². The lowest BCUT2D eigenvalue weighted by Crippen LogP contribution is -2.34. The van der Waals surface area contributed by atoms with Crippen molar-refractivity contribution in [2.24, 2.45) is 0 Å². The maximum Gasteiger partial charge on any atom is 0.305 e. The molecule has 4 nitrogen and oxygen atoms in total. The Labute approximate surface area is 140 Å². The van der Waals surface area contributed by atoms with Gasteiger partial charge < -0.3 is 10.4 Å². The molecule has 24 heavy (non-hydrogen) atoms. The zero-order valence-electron chi connectivity index (χ0n) is 13.9. The molecule has 1 amide bonds. The van der Waals surface area contributed by atoms with E-state index in [-0.39, 0.29) is 12.0 Å². The standard InChI is InChI=1S/C19H20FNO3/c1-11-4-5-14(8-12(11)2)15-6-7-16(17(20)10-15)19(24)21-13(3)9-18(22)23/h4-8,10,13H,9H2,1-3H3,(H,21,24)(H,22,23). The van der Waals surface area contributed by atoms with Gasteiger partial charge in [0, 0.05) is 6.04 Å². The molecule has 1 atom stereocenters. The molecule has 126 valence electrons. The number of carbonyl (C=O) groups is 2. The number of hydrogen-bond acceptors (Lipinski definition) is 2. The zero-order valence-corrected chi connectivity index (χ0v) is 13.9. The van der Waals surface area contributed by atoms with E-state index in [1.807, 2.05) is 32.0 Å². The van der Waals surface area contributed by atoms with E-state index in [1.165, 1.54) is 12.1 Å². The first-order chi connectivity index (χ1) is 11.3. The molecule has 0 heterocycles. The molecule has 0 aromatic heterocycles. The maximum atomic E-state index is 14.3. The van der Waals surface area contributed by atoms with Crippen LogP contribution >= 0.6 is 0 Å². The maximum absolute atomic E-state index is 14.3. The Morgan fingerprint density at radius 1 is 1.08 bits per heavy atom. The fourth-order valence-corrected chi connectivity index (χ4v) is 2.41. The Balaban J connectivity index is 2.21. The number of carboxylic acids is 1. The molecule has 0 aliphatic heterocycles. The van der Waals surface area contributed by atoms with Gasteiger partial charge in [-0.25, -0.2) is 4.39 Å². The molecule has 1 unspecified atom stereocenters. The first kappa shape index (κ1) is 17.7. The van der Waals surface area contributed by atoms with Gasteiger partial charge in [-0.15, -0.1) is 0 Å². The van der Waals surface area contributed by atoms with Gasteiger partial charge in [0.25, 0.3) is 5.91 Å². The molecule has 2 aromatic carbocycles. The lowest BCUT2D eigenvalue weighted by molar-refractivity contribution is -0.137. The molecule has 0 aliphatic carbocycles. The van der Waals surface area contributed by atoms with Crippen LogP contribution in [0.15, 0.2) is 36.4 Å². The number of benzene rings is 2.